The Morgan fingerprint density at radius 2 is 2.08 bits per heavy atom. The summed E-state index contributed by atoms with van der Waals surface area (Å²) in [6, 6.07) is 10.1. The fourth-order valence-electron chi connectivity index (χ4n) is 7.23. The minimum absolute atomic E-state index is 0.00565. The van der Waals surface area contributed by atoms with Gasteiger partial charge in [0.2, 0.25) is 0 Å². The lowest BCUT2D eigenvalue weighted by Crippen LogP contribution is -2.62. The van der Waals surface area contributed by atoms with E-state index in [1.165, 1.54) is 12.8 Å². The van der Waals surface area contributed by atoms with Crippen LogP contribution in [0.2, 0.25) is 0 Å². The van der Waals surface area contributed by atoms with Crippen molar-refractivity contribution in [2.24, 2.45) is 35.9 Å². The summed E-state index contributed by atoms with van der Waals surface area (Å²) in [7, 11) is 5.25. The van der Waals surface area contributed by atoms with Crippen molar-refractivity contribution in [2.45, 2.75) is 31.8 Å². The molecule has 9 heteroatoms. The molecule has 4 aliphatic rings. The number of hydrogen-bond donors (Lipinski definition) is 0. The molecule has 1 aliphatic heterocycles. The molecular formula is C29H30N6O3. The van der Waals surface area contributed by atoms with Crippen molar-refractivity contribution in [2.75, 3.05) is 20.8 Å². The first-order chi connectivity index (χ1) is 18.6. The number of carbonyl (C=O) groups is 1. The zero-order valence-corrected chi connectivity index (χ0v) is 21.8. The van der Waals surface area contributed by atoms with Gasteiger partial charge in [-0.15, -0.1) is 0 Å². The van der Waals surface area contributed by atoms with Crippen LogP contribution in [0.4, 0.5) is 0 Å². The van der Waals surface area contributed by atoms with E-state index in [0.29, 0.717) is 35.0 Å². The summed E-state index contributed by atoms with van der Waals surface area (Å²) in [5.74, 6) is 3.77. The van der Waals surface area contributed by atoms with Gasteiger partial charge in [0.25, 0.3) is 5.91 Å². The minimum atomic E-state index is 0.00565. The molecule has 1 amide bonds. The maximum atomic E-state index is 13.9. The number of nitrogens with zero attached hydrogens (tertiary/aromatic N) is 6. The number of rotatable bonds is 6. The molecule has 3 aliphatic carbocycles. The smallest absolute Gasteiger partial charge is 0.254 e. The number of amides is 1. The number of aryl methyl sites for hydroxylation is 1. The Balaban J connectivity index is 1.22. The molecule has 4 heterocycles. The molecule has 3 aromatic heterocycles. The van der Waals surface area contributed by atoms with E-state index in [4.69, 9.17) is 14.6 Å². The van der Waals surface area contributed by atoms with Crippen molar-refractivity contribution >= 4 is 33.7 Å². The molecule has 1 saturated heterocycles. The van der Waals surface area contributed by atoms with Crippen LogP contribution in [-0.4, -0.2) is 62.4 Å². The van der Waals surface area contributed by atoms with E-state index in [0.717, 1.165) is 58.8 Å². The number of imidazole rings is 1. The second kappa shape index (κ2) is 7.82. The molecular weight excluding hydrogens is 480 g/mol. The number of methoxy groups -OCH3 is 1. The van der Waals surface area contributed by atoms with Crippen LogP contribution in [0.3, 0.4) is 0 Å². The van der Waals surface area contributed by atoms with Gasteiger partial charge >= 0.3 is 0 Å². The van der Waals surface area contributed by atoms with E-state index in [1.54, 1.807) is 14.2 Å². The molecule has 3 saturated carbocycles. The molecule has 38 heavy (non-hydrogen) atoms. The molecule has 4 aromatic rings. The molecule has 0 spiro atoms. The van der Waals surface area contributed by atoms with Gasteiger partial charge in [0, 0.05) is 43.2 Å². The molecule has 1 unspecified atom stereocenters. The lowest BCUT2D eigenvalue weighted by molar-refractivity contribution is 0.0674. The number of aromatic nitrogens is 4. The van der Waals surface area contributed by atoms with E-state index < -0.39 is 0 Å². The summed E-state index contributed by atoms with van der Waals surface area (Å²) in [6.45, 7) is 1.71. The van der Waals surface area contributed by atoms with Crippen molar-refractivity contribution in [3.63, 3.8) is 0 Å². The Labute approximate surface area is 220 Å². The maximum Gasteiger partial charge on any atom is 0.254 e. The Morgan fingerprint density at radius 3 is 2.87 bits per heavy atom. The fraction of sp³-hybridized carbons (Fsp3) is 0.448. The zero-order valence-electron chi connectivity index (χ0n) is 21.8. The topological polar surface area (TPSA) is 86.8 Å². The first-order valence-corrected chi connectivity index (χ1v) is 13.5. The minimum Gasteiger partial charge on any atom is -0.494 e. The van der Waals surface area contributed by atoms with Crippen LogP contribution in [0, 0.1) is 23.7 Å². The molecule has 0 bridgehead atoms. The predicted molar refractivity (Wildman–Crippen MR) is 143 cm³/mol. The molecule has 4 atom stereocenters. The number of benzene rings is 1. The van der Waals surface area contributed by atoms with Crippen molar-refractivity contribution < 1.29 is 14.4 Å². The summed E-state index contributed by atoms with van der Waals surface area (Å²) < 4.78 is 10.2. The second-order valence-electron chi connectivity index (χ2n) is 11.3. The number of pyridine rings is 1. The molecule has 0 N–H and O–H groups in total. The number of oxime groups is 1. The summed E-state index contributed by atoms with van der Waals surface area (Å²) in [6.07, 6.45) is 5.46. The highest BCUT2D eigenvalue weighted by Gasteiger charge is 2.66. The van der Waals surface area contributed by atoms with E-state index >= 15 is 0 Å². The number of fused-ring (bicyclic) bond motifs is 2. The second-order valence-corrected chi connectivity index (χ2v) is 11.3. The average molecular weight is 511 g/mol. The van der Waals surface area contributed by atoms with Gasteiger partial charge < -0.3 is 23.6 Å². The van der Waals surface area contributed by atoms with Crippen LogP contribution in [0.15, 0.2) is 41.7 Å². The highest BCUT2D eigenvalue weighted by atomic mass is 16.6. The molecule has 9 nitrogen and oxygen atoms in total. The quantitative estimate of drug-likeness (QED) is 0.365. The summed E-state index contributed by atoms with van der Waals surface area (Å²) in [5, 5.41) is 5.38. The van der Waals surface area contributed by atoms with E-state index in [1.807, 2.05) is 36.3 Å². The van der Waals surface area contributed by atoms with Gasteiger partial charge in [-0.2, -0.15) is 0 Å². The Kier molecular flexibility index (Phi) is 4.55. The van der Waals surface area contributed by atoms with Crippen LogP contribution in [0.5, 0.6) is 5.75 Å². The third-order valence-corrected chi connectivity index (χ3v) is 9.26. The first-order valence-electron chi connectivity index (χ1n) is 13.5. The molecule has 4 fully saturated rings. The maximum absolute atomic E-state index is 13.9. The van der Waals surface area contributed by atoms with Crippen LogP contribution in [0.25, 0.3) is 33.6 Å². The summed E-state index contributed by atoms with van der Waals surface area (Å²) in [4.78, 5) is 30.7. The zero-order chi connectivity index (χ0) is 25.7. The van der Waals surface area contributed by atoms with E-state index in [9.17, 15) is 4.79 Å². The summed E-state index contributed by atoms with van der Waals surface area (Å²) in [5.41, 5.74) is 5.27. The predicted octanol–water partition coefficient (Wildman–Crippen LogP) is 4.10. The molecule has 0 radical (unpaired) electrons. The number of likely N-dealkylation sites (tertiary alicyclic amines) is 1. The van der Waals surface area contributed by atoms with Gasteiger partial charge in [0.1, 0.15) is 24.0 Å². The van der Waals surface area contributed by atoms with E-state index in [2.05, 4.69) is 31.4 Å². The first kappa shape index (κ1) is 22.1. The largest absolute Gasteiger partial charge is 0.494 e. The molecule has 8 rings (SSSR count). The third-order valence-electron chi connectivity index (χ3n) is 9.26. The van der Waals surface area contributed by atoms with Crippen molar-refractivity contribution in [1.29, 1.82) is 0 Å². The monoisotopic (exact) mass is 510 g/mol. The summed E-state index contributed by atoms with van der Waals surface area (Å²) >= 11 is 0. The van der Waals surface area contributed by atoms with Crippen LogP contribution >= 0.6 is 0 Å². The lowest BCUT2D eigenvalue weighted by Gasteiger charge is -2.52. The Bertz CT molecular complexity index is 1660. The fourth-order valence-corrected chi connectivity index (χ4v) is 7.23. The van der Waals surface area contributed by atoms with Crippen molar-refractivity contribution in [1.82, 2.24) is 24.0 Å². The highest BCUT2D eigenvalue weighted by Crippen LogP contribution is 2.59. The van der Waals surface area contributed by atoms with Crippen LogP contribution in [-0.2, 0) is 18.4 Å². The van der Waals surface area contributed by atoms with Gasteiger partial charge in [0.05, 0.1) is 30.1 Å². The third kappa shape index (κ3) is 2.93. The van der Waals surface area contributed by atoms with Crippen molar-refractivity contribution in [3.8, 4) is 17.3 Å². The van der Waals surface area contributed by atoms with Gasteiger partial charge in [0.15, 0.2) is 5.82 Å². The number of hydrogen-bond acceptors (Lipinski definition) is 6. The van der Waals surface area contributed by atoms with Crippen molar-refractivity contribution in [3.05, 3.63) is 42.1 Å². The van der Waals surface area contributed by atoms with E-state index in [-0.39, 0.29) is 11.9 Å². The Hall–Kier alpha value is -3.88. The van der Waals surface area contributed by atoms with Gasteiger partial charge in [-0.25, -0.2) is 9.97 Å². The van der Waals surface area contributed by atoms with Gasteiger partial charge in [-0.1, -0.05) is 5.16 Å². The molecule has 194 valence electrons. The van der Waals surface area contributed by atoms with Gasteiger partial charge in [-0.3, -0.25) is 4.79 Å². The number of carbonyl (C=O) groups excluding carboxylic acids is 1. The Morgan fingerprint density at radius 1 is 1.21 bits per heavy atom. The van der Waals surface area contributed by atoms with Crippen LogP contribution in [0.1, 0.15) is 29.6 Å². The van der Waals surface area contributed by atoms with Crippen LogP contribution < -0.4 is 4.74 Å². The van der Waals surface area contributed by atoms with Gasteiger partial charge in [-0.05, 0) is 67.3 Å². The SMILES string of the molecule is CO/N=C1\C2C[C@@H]3CN(C(=O)c4cc(OC)c5c(c4)nc(-c4cc6cccnc6n4CC4CC4)n5C)[C@H]1[C@H]23. The average Bonchev–Trinajstić information content (AvgIpc) is 3.56. The highest BCUT2D eigenvalue weighted by molar-refractivity contribution is 6.07. The standard InChI is InChI=1S/C29H30N6O3/c1-33-25-20(31-28(33)21-11-16-5-4-8-30-27(16)34(21)13-15-6-7-15)10-17(12-22(25)37-2)29(36)35-14-18-9-19-23(18)26(35)24(19)32-38-3/h4-5,8,10-12,15,18-19,23,26H,6-7,9,13-14H2,1-3H3/b32-24+/t18-,19?,23+,26+/m1/s1. The normalized spacial score (nSPS) is 26.5. The molecule has 1 aromatic carbocycles. The number of ether oxygens (including phenoxy) is 1. The lowest BCUT2D eigenvalue weighted by atomic mass is 9.52.